The van der Waals surface area contributed by atoms with Crippen molar-refractivity contribution in [2.45, 2.75) is 178 Å². The van der Waals surface area contributed by atoms with E-state index in [1.165, 1.54) is 124 Å². The highest BCUT2D eigenvalue weighted by molar-refractivity contribution is 7.98. The number of phenols is 3. The molecule has 114 heavy (non-hydrogen) atoms. The summed E-state index contributed by atoms with van der Waals surface area (Å²) in [6.45, 7) is 18.0. The fraction of sp³-hybridized carbons (Fsp3) is 0.151. The lowest BCUT2D eigenvalue weighted by Gasteiger charge is -2.22. The molecule has 0 bridgehead atoms. The molecular formula is C106H105O3S5+5. The van der Waals surface area contributed by atoms with Crippen LogP contribution in [-0.2, 0) is 65.3 Å². The molecule has 0 aromatic heterocycles. The largest absolute Gasteiger partial charge is 0.508 e. The Balaban J connectivity index is 0.000000132. The van der Waals surface area contributed by atoms with Crippen LogP contribution in [0.15, 0.2) is 480 Å². The molecule has 15 aromatic carbocycles. The molecule has 1 aliphatic rings. The highest BCUT2D eigenvalue weighted by atomic mass is 32.2. The first kappa shape index (κ1) is 82.9. The summed E-state index contributed by atoms with van der Waals surface area (Å²) < 4.78 is 0. The van der Waals surface area contributed by atoms with Gasteiger partial charge in [-0.1, -0.05) is 249 Å². The lowest BCUT2D eigenvalue weighted by molar-refractivity contribution is 0.443. The summed E-state index contributed by atoms with van der Waals surface area (Å²) in [7, 11) is -0.535. The summed E-state index contributed by atoms with van der Waals surface area (Å²) in [6.07, 6.45) is 6.93. The van der Waals surface area contributed by atoms with Crippen LogP contribution in [0.25, 0.3) is 0 Å². The van der Waals surface area contributed by atoms with Gasteiger partial charge in [-0.05, 0) is 290 Å². The van der Waals surface area contributed by atoms with Gasteiger partial charge in [0.15, 0.2) is 73.4 Å². The normalized spacial score (nSPS) is 12.1. The van der Waals surface area contributed by atoms with Crippen LogP contribution in [0.2, 0.25) is 0 Å². The number of rotatable bonds is 16. The van der Waals surface area contributed by atoms with E-state index in [9.17, 15) is 15.3 Å². The van der Waals surface area contributed by atoms with Gasteiger partial charge in [0, 0.05) is 0 Å². The second-order valence-corrected chi connectivity index (χ2v) is 40.4. The molecule has 0 amide bonds. The van der Waals surface area contributed by atoms with Crippen molar-refractivity contribution in [2.24, 2.45) is 0 Å². The number of benzene rings is 15. The van der Waals surface area contributed by atoms with Crippen LogP contribution in [0.4, 0.5) is 0 Å². The molecule has 0 radical (unpaired) electrons. The predicted molar refractivity (Wildman–Crippen MR) is 485 cm³/mol. The van der Waals surface area contributed by atoms with Gasteiger partial charge < -0.3 is 15.3 Å². The molecule has 0 unspecified atom stereocenters. The monoisotopic (exact) mass is 1590 g/mol. The highest BCUT2D eigenvalue weighted by Gasteiger charge is 2.34. The van der Waals surface area contributed by atoms with E-state index in [1.54, 1.807) is 36.4 Å². The molecule has 0 saturated heterocycles. The van der Waals surface area contributed by atoms with Gasteiger partial charge in [0.2, 0.25) is 0 Å². The first-order chi connectivity index (χ1) is 55.4. The summed E-state index contributed by atoms with van der Waals surface area (Å²) in [5, 5.41) is 28.5. The van der Waals surface area contributed by atoms with Gasteiger partial charge in [-0.2, -0.15) is 0 Å². The molecule has 1 saturated carbocycles. The van der Waals surface area contributed by atoms with E-state index in [2.05, 4.69) is 359 Å². The van der Waals surface area contributed by atoms with E-state index in [0.717, 1.165) is 15.7 Å². The maximum absolute atomic E-state index is 9.49. The Morgan fingerprint density at radius 1 is 0.211 bits per heavy atom. The number of hydrogen-bond donors (Lipinski definition) is 3. The quantitative estimate of drug-likeness (QED) is 0.0845. The second kappa shape index (κ2) is 41.0. The Labute approximate surface area is 693 Å². The zero-order chi connectivity index (χ0) is 79.7. The van der Waals surface area contributed by atoms with Crippen molar-refractivity contribution < 1.29 is 15.3 Å². The topological polar surface area (TPSA) is 60.7 Å². The molecule has 572 valence electrons. The fourth-order valence-electron chi connectivity index (χ4n) is 13.8. The van der Waals surface area contributed by atoms with Crippen molar-refractivity contribution in [1.29, 1.82) is 0 Å². The van der Waals surface area contributed by atoms with Crippen LogP contribution in [0.1, 0.15) is 107 Å². The Hall–Kier alpha value is -10.6. The first-order valence-electron chi connectivity index (χ1n) is 39.3. The lowest BCUT2D eigenvalue weighted by atomic mass is 9.84. The molecule has 0 atom stereocenters. The van der Waals surface area contributed by atoms with Gasteiger partial charge in [0.05, 0.1) is 54.5 Å². The molecule has 0 aliphatic heterocycles. The Kier molecular flexibility index (Phi) is 29.8. The van der Waals surface area contributed by atoms with Crippen molar-refractivity contribution in [3.8, 4) is 17.2 Å². The van der Waals surface area contributed by atoms with Crippen molar-refractivity contribution in [3.05, 3.63) is 434 Å². The lowest BCUT2D eigenvalue weighted by Crippen LogP contribution is -2.12. The highest BCUT2D eigenvalue weighted by Crippen LogP contribution is 2.40. The fourth-order valence-corrected chi connectivity index (χ4v) is 24.4. The maximum Gasteiger partial charge on any atom is 0.167 e. The zero-order valence-electron chi connectivity index (χ0n) is 66.7. The van der Waals surface area contributed by atoms with Crippen molar-refractivity contribution >= 4 is 54.5 Å². The van der Waals surface area contributed by atoms with Gasteiger partial charge in [0.1, 0.15) is 17.2 Å². The molecule has 3 nitrogen and oxygen atoms in total. The number of hydrogen-bond acceptors (Lipinski definition) is 3. The standard InChI is InChI=1S/C26H31S.C24H25S.C20H19S.C18H14O2S.C18H14OS/c1-25(2,3)20-12-16-23(17-13-20)27(22-10-8-7-9-11-22)24-18-14-21(15-19-24)26(4,5)6;1-4-10-20(11-5-1)21-16-18-24(19-17-21)25(22-12-6-2-7-13-22)23-14-8-3-9-15-23;1-16-13-17(2)15-20(14-16)21(18-9-5-3-6-10-18)19-11-7-4-8-12-19;19-14-6-10-17(11-7-14)21(16-4-2-1-3-5-16)18-12-8-15(20)9-13-18;19-15-11-13-18(14-12-15)20(16-7-3-1-4-8-16)17-9-5-2-6-10-17/h7-19H,1-6H3;2-3,6-9,12-20H,1,4-5,10-11H2;3-15H,1-2H3;1-13H,(H-,19,20);1-14H/q3*+1;;/p+2. The first-order valence-corrected chi connectivity index (χ1v) is 45.4. The number of phenolic OH excluding ortho intramolecular Hbond substituents is 3. The van der Waals surface area contributed by atoms with Gasteiger partial charge >= 0.3 is 0 Å². The molecule has 3 N–H and O–H groups in total. The summed E-state index contributed by atoms with van der Waals surface area (Å²) in [4.78, 5) is 19.7. The van der Waals surface area contributed by atoms with Gasteiger partial charge in [-0.15, -0.1) is 0 Å². The third kappa shape index (κ3) is 23.3. The van der Waals surface area contributed by atoms with E-state index >= 15 is 0 Å². The number of aromatic hydroxyl groups is 3. The van der Waals surface area contributed by atoms with E-state index in [4.69, 9.17) is 0 Å². The molecule has 8 heteroatoms. The van der Waals surface area contributed by atoms with Crippen LogP contribution in [-0.4, -0.2) is 15.3 Å². The minimum absolute atomic E-state index is 0.0278. The molecule has 1 aliphatic carbocycles. The van der Waals surface area contributed by atoms with E-state index in [0.29, 0.717) is 5.75 Å². The minimum atomic E-state index is -0.253. The smallest absolute Gasteiger partial charge is 0.167 e. The van der Waals surface area contributed by atoms with Crippen LogP contribution >= 0.6 is 0 Å². The summed E-state index contributed by atoms with van der Waals surface area (Å²) >= 11 is 0. The van der Waals surface area contributed by atoms with Crippen LogP contribution in [0, 0.1) is 13.8 Å². The summed E-state index contributed by atoms with van der Waals surface area (Å²) in [5.41, 5.74) is 7.31. The average molecular weight is 1590 g/mol. The molecule has 16 rings (SSSR count). The van der Waals surface area contributed by atoms with Crippen molar-refractivity contribution in [2.75, 3.05) is 0 Å². The number of aryl methyl sites for hydroxylation is 2. The predicted octanol–water partition coefficient (Wildman–Crippen LogP) is 28.3. The zero-order valence-corrected chi connectivity index (χ0v) is 70.8. The van der Waals surface area contributed by atoms with Gasteiger partial charge in [-0.25, -0.2) is 0 Å². The SMILES string of the molecule is CC(C)(C)c1ccc([S+](c2ccccc2)c2ccc(C(C)(C)C)cc2)cc1.Cc1cc(C)cc([S+](c2ccccc2)c2ccccc2)c1.Oc1ccc([S+](c2ccccc2)c2ccc(O)cc2)cc1.Oc1ccc([S+](c2ccccc2)c2ccccc2)cc1.c1ccc([S+](c2ccccc2)c2ccc(C3CCCCC3)cc2)cc1. The molecular weight excluding hydrogens is 1480 g/mol. The molecule has 15 aromatic rings. The van der Waals surface area contributed by atoms with E-state index < -0.39 is 0 Å². The maximum atomic E-state index is 9.49. The van der Waals surface area contributed by atoms with E-state index in [1.807, 2.05) is 66.7 Å². The van der Waals surface area contributed by atoms with Crippen molar-refractivity contribution in [3.63, 3.8) is 0 Å². The third-order valence-electron chi connectivity index (χ3n) is 19.6. The van der Waals surface area contributed by atoms with E-state index in [-0.39, 0.29) is 76.8 Å². The van der Waals surface area contributed by atoms with Gasteiger partial charge in [0.25, 0.3) is 0 Å². The molecule has 1 fully saturated rings. The Bertz CT molecular complexity index is 5060. The second-order valence-electron chi connectivity index (χ2n) is 30.3. The summed E-state index contributed by atoms with van der Waals surface area (Å²) in [5.74, 6) is 1.61. The molecule has 0 heterocycles. The summed E-state index contributed by atoms with van der Waals surface area (Å²) in [6, 6.07) is 142. The van der Waals surface area contributed by atoms with Crippen LogP contribution in [0.3, 0.4) is 0 Å². The van der Waals surface area contributed by atoms with Crippen LogP contribution in [0.5, 0.6) is 17.2 Å². The van der Waals surface area contributed by atoms with Gasteiger partial charge in [-0.3, -0.25) is 0 Å². The Morgan fingerprint density at radius 3 is 0.605 bits per heavy atom. The van der Waals surface area contributed by atoms with Crippen LogP contribution < -0.4 is 0 Å². The van der Waals surface area contributed by atoms with Crippen molar-refractivity contribution in [1.82, 2.24) is 0 Å². The minimum Gasteiger partial charge on any atom is -0.508 e. The Morgan fingerprint density at radius 2 is 0.395 bits per heavy atom. The average Bonchev–Trinajstić information content (AvgIpc) is 0.815. The molecule has 0 spiro atoms. The third-order valence-corrected chi connectivity index (χ3v) is 30.7.